The van der Waals surface area contributed by atoms with Crippen LogP contribution in [0.1, 0.15) is 18.1 Å². The third kappa shape index (κ3) is 3.27. The summed E-state index contributed by atoms with van der Waals surface area (Å²) in [6.45, 7) is 3.95. The van der Waals surface area contributed by atoms with Gasteiger partial charge in [-0.2, -0.15) is 0 Å². The molecule has 100 valence electrons. The average molecular weight is 254 g/mol. The maximum Gasteiger partial charge on any atom is 0.270 e. The molecule has 2 rings (SSSR count). The molecule has 2 nitrogen and oxygen atoms in total. The number of halogens is 2. The van der Waals surface area contributed by atoms with Crippen LogP contribution in [0.5, 0.6) is 0 Å². The van der Waals surface area contributed by atoms with Gasteiger partial charge in [0.2, 0.25) is 0 Å². The van der Waals surface area contributed by atoms with Crippen molar-refractivity contribution in [2.75, 3.05) is 26.7 Å². The fourth-order valence-electron chi connectivity index (χ4n) is 2.30. The highest BCUT2D eigenvalue weighted by molar-refractivity contribution is 5.26. The smallest absolute Gasteiger partial charge is 0.270 e. The van der Waals surface area contributed by atoms with Crippen LogP contribution in [0.15, 0.2) is 24.3 Å². The largest absolute Gasteiger partial charge is 0.314 e. The minimum atomic E-state index is -2.75. The minimum Gasteiger partial charge on any atom is -0.314 e. The molecule has 1 fully saturated rings. The molecule has 0 saturated carbocycles. The number of rotatable bonds is 3. The molecule has 1 N–H and O–H groups in total. The predicted molar refractivity (Wildman–Crippen MR) is 69.0 cm³/mol. The molecule has 1 unspecified atom stereocenters. The molecular formula is C14H20F2N2. The van der Waals surface area contributed by atoms with Crippen molar-refractivity contribution in [2.24, 2.45) is 0 Å². The van der Waals surface area contributed by atoms with E-state index in [1.165, 1.54) is 12.1 Å². The number of alkyl halides is 2. The van der Waals surface area contributed by atoms with E-state index in [2.05, 4.69) is 17.3 Å². The highest BCUT2D eigenvalue weighted by Gasteiger charge is 2.24. The Kier molecular flexibility index (Phi) is 3.97. The van der Waals surface area contributed by atoms with Crippen LogP contribution in [0.3, 0.4) is 0 Å². The zero-order valence-electron chi connectivity index (χ0n) is 10.9. The van der Waals surface area contributed by atoms with Gasteiger partial charge in [0.25, 0.3) is 5.92 Å². The molecule has 1 atom stereocenters. The highest BCUT2D eigenvalue weighted by Crippen LogP contribution is 2.27. The van der Waals surface area contributed by atoms with Gasteiger partial charge in [-0.3, -0.25) is 0 Å². The van der Waals surface area contributed by atoms with Gasteiger partial charge in [0.1, 0.15) is 0 Å². The van der Waals surface area contributed by atoms with Gasteiger partial charge in [0.15, 0.2) is 0 Å². The molecule has 0 amide bonds. The lowest BCUT2D eigenvalue weighted by atomic mass is 10.0. The third-order valence-corrected chi connectivity index (χ3v) is 3.58. The number of nitrogens with one attached hydrogen (secondary N) is 1. The zero-order valence-corrected chi connectivity index (χ0v) is 10.9. The van der Waals surface area contributed by atoms with Crippen molar-refractivity contribution in [1.29, 1.82) is 0 Å². The summed E-state index contributed by atoms with van der Waals surface area (Å²) in [5.41, 5.74) is 1.20. The minimum absolute atomic E-state index is 0.0846. The van der Waals surface area contributed by atoms with Crippen molar-refractivity contribution >= 4 is 0 Å². The first-order chi connectivity index (χ1) is 8.47. The lowest BCUT2D eigenvalue weighted by molar-refractivity contribution is 0.0174. The first kappa shape index (κ1) is 13.4. The summed E-state index contributed by atoms with van der Waals surface area (Å²) in [6.07, 6.45) is 0.902. The molecule has 1 aromatic carbocycles. The fraction of sp³-hybridized carbons (Fsp3) is 0.571. The van der Waals surface area contributed by atoms with Crippen molar-refractivity contribution in [3.63, 3.8) is 0 Å². The van der Waals surface area contributed by atoms with Gasteiger partial charge in [-0.1, -0.05) is 24.3 Å². The van der Waals surface area contributed by atoms with Crippen LogP contribution in [0.4, 0.5) is 8.78 Å². The molecule has 0 aromatic heterocycles. The Morgan fingerprint density at radius 1 is 1.33 bits per heavy atom. The molecule has 18 heavy (non-hydrogen) atoms. The molecule has 0 radical (unpaired) electrons. The van der Waals surface area contributed by atoms with E-state index < -0.39 is 5.92 Å². The number of hydrogen-bond donors (Lipinski definition) is 1. The standard InChI is InChI=1S/C14H20F2N2/c1-14(15,16)12-5-3-11(4-6-12)9-13-10-17-7-8-18(13)2/h3-6,13,17H,7-10H2,1-2H3. The van der Waals surface area contributed by atoms with Crippen molar-refractivity contribution in [1.82, 2.24) is 10.2 Å². The van der Waals surface area contributed by atoms with Crippen LogP contribution < -0.4 is 5.32 Å². The molecule has 1 aromatic rings. The van der Waals surface area contributed by atoms with E-state index in [-0.39, 0.29) is 5.56 Å². The van der Waals surface area contributed by atoms with Crippen LogP contribution in [-0.4, -0.2) is 37.6 Å². The first-order valence-electron chi connectivity index (χ1n) is 6.35. The molecule has 1 aliphatic rings. The first-order valence-corrected chi connectivity index (χ1v) is 6.35. The highest BCUT2D eigenvalue weighted by atomic mass is 19.3. The van der Waals surface area contributed by atoms with E-state index in [1.54, 1.807) is 0 Å². The van der Waals surface area contributed by atoms with Crippen LogP contribution in [0.2, 0.25) is 0 Å². The summed E-state index contributed by atoms with van der Waals surface area (Å²) in [5, 5.41) is 3.36. The predicted octanol–water partition coefficient (Wildman–Crippen LogP) is 2.24. The molecule has 1 saturated heterocycles. The van der Waals surface area contributed by atoms with Crippen molar-refractivity contribution in [3.8, 4) is 0 Å². The summed E-state index contributed by atoms with van der Waals surface area (Å²) in [6, 6.07) is 7.15. The Morgan fingerprint density at radius 3 is 2.56 bits per heavy atom. The number of likely N-dealkylation sites (N-methyl/N-ethyl adjacent to an activating group) is 1. The monoisotopic (exact) mass is 254 g/mol. The van der Waals surface area contributed by atoms with Crippen molar-refractivity contribution in [3.05, 3.63) is 35.4 Å². The van der Waals surface area contributed by atoms with E-state index in [0.29, 0.717) is 6.04 Å². The van der Waals surface area contributed by atoms with Gasteiger partial charge in [-0.15, -0.1) is 0 Å². The Morgan fingerprint density at radius 2 is 2.00 bits per heavy atom. The van der Waals surface area contributed by atoms with E-state index in [0.717, 1.165) is 38.5 Å². The van der Waals surface area contributed by atoms with Crippen molar-refractivity contribution < 1.29 is 8.78 Å². The van der Waals surface area contributed by atoms with Crippen LogP contribution in [0.25, 0.3) is 0 Å². The third-order valence-electron chi connectivity index (χ3n) is 3.58. The molecule has 1 heterocycles. The van der Waals surface area contributed by atoms with Gasteiger partial charge in [-0.05, 0) is 19.0 Å². The zero-order chi connectivity index (χ0) is 13.2. The van der Waals surface area contributed by atoms with E-state index >= 15 is 0 Å². The van der Waals surface area contributed by atoms with Crippen LogP contribution in [0, 0.1) is 0 Å². The number of hydrogen-bond acceptors (Lipinski definition) is 2. The molecule has 0 bridgehead atoms. The summed E-state index contributed by atoms with van der Waals surface area (Å²) in [7, 11) is 2.11. The number of benzene rings is 1. The van der Waals surface area contributed by atoms with Crippen LogP contribution >= 0.6 is 0 Å². The Bertz CT molecular complexity index is 384. The van der Waals surface area contributed by atoms with E-state index in [9.17, 15) is 8.78 Å². The second-order valence-electron chi connectivity index (χ2n) is 5.13. The SMILES string of the molecule is CN1CCNCC1Cc1ccc(C(C)(F)F)cc1. The Balaban J connectivity index is 2.02. The molecule has 4 heteroatoms. The van der Waals surface area contributed by atoms with Gasteiger partial charge >= 0.3 is 0 Å². The summed E-state index contributed by atoms with van der Waals surface area (Å²) >= 11 is 0. The lowest BCUT2D eigenvalue weighted by Gasteiger charge is -2.33. The molecule has 1 aliphatic heterocycles. The maximum absolute atomic E-state index is 13.1. The topological polar surface area (TPSA) is 15.3 Å². The van der Waals surface area contributed by atoms with Crippen molar-refractivity contribution in [2.45, 2.75) is 25.3 Å². The normalized spacial score (nSPS) is 22.1. The Hall–Kier alpha value is -1.00. The molecular weight excluding hydrogens is 234 g/mol. The summed E-state index contributed by atoms with van der Waals surface area (Å²) in [4.78, 5) is 2.32. The van der Waals surface area contributed by atoms with Gasteiger partial charge < -0.3 is 10.2 Å². The van der Waals surface area contributed by atoms with E-state index in [4.69, 9.17) is 0 Å². The summed E-state index contributed by atoms with van der Waals surface area (Å²) < 4.78 is 26.2. The number of piperazine rings is 1. The fourth-order valence-corrected chi connectivity index (χ4v) is 2.30. The quantitative estimate of drug-likeness (QED) is 0.890. The van der Waals surface area contributed by atoms with E-state index in [1.807, 2.05) is 12.1 Å². The number of nitrogens with zero attached hydrogens (tertiary/aromatic N) is 1. The lowest BCUT2D eigenvalue weighted by Crippen LogP contribution is -2.50. The second kappa shape index (κ2) is 5.33. The van der Waals surface area contributed by atoms with Gasteiger partial charge in [0, 0.05) is 38.2 Å². The maximum atomic E-state index is 13.1. The molecule has 0 spiro atoms. The second-order valence-corrected chi connectivity index (χ2v) is 5.13. The van der Waals surface area contributed by atoms with Crippen LogP contribution in [-0.2, 0) is 12.3 Å². The van der Waals surface area contributed by atoms with Gasteiger partial charge in [0.05, 0.1) is 0 Å². The summed E-state index contributed by atoms with van der Waals surface area (Å²) in [5.74, 6) is -2.75. The van der Waals surface area contributed by atoms with Gasteiger partial charge in [-0.25, -0.2) is 8.78 Å². The average Bonchev–Trinajstić information content (AvgIpc) is 2.32. The molecule has 0 aliphatic carbocycles. The Labute approximate surface area is 107 Å².